The van der Waals surface area contributed by atoms with E-state index in [0.717, 1.165) is 11.5 Å². The van der Waals surface area contributed by atoms with Crippen molar-refractivity contribution in [1.29, 1.82) is 0 Å². The summed E-state index contributed by atoms with van der Waals surface area (Å²) in [5.74, 6) is 0.978. The highest BCUT2D eigenvalue weighted by molar-refractivity contribution is 7.10. The van der Waals surface area contributed by atoms with Crippen molar-refractivity contribution in [3.8, 4) is 11.6 Å². The number of nitrogens with zero attached hydrogens (tertiary/aromatic N) is 4. The molecule has 0 radical (unpaired) electrons. The molecule has 6 heteroatoms. The summed E-state index contributed by atoms with van der Waals surface area (Å²) in [5.41, 5.74) is 0. The zero-order chi connectivity index (χ0) is 8.39. The van der Waals surface area contributed by atoms with Gasteiger partial charge < -0.3 is 0 Å². The SMILES string of the molecule is Clc1nc(-c2ncccn2)ns1. The normalized spacial score (nSPS) is 10.1. The minimum atomic E-state index is 0.400. The Hall–Kier alpha value is -1.07. The molecule has 0 spiro atoms. The molecule has 2 rings (SSSR count). The van der Waals surface area contributed by atoms with E-state index in [1.54, 1.807) is 18.5 Å². The molecule has 0 bridgehead atoms. The predicted molar refractivity (Wildman–Crippen MR) is 45.9 cm³/mol. The quantitative estimate of drug-likeness (QED) is 0.699. The number of aromatic nitrogens is 4. The van der Waals surface area contributed by atoms with Crippen molar-refractivity contribution in [1.82, 2.24) is 19.3 Å². The second-order valence-corrected chi connectivity index (χ2v) is 3.28. The standard InChI is InChI=1S/C6H3ClN4S/c7-6-10-5(11-12-6)4-8-2-1-3-9-4/h1-3H. The van der Waals surface area contributed by atoms with E-state index in [4.69, 9.17) is 11.6 Å². The topological polar surface area (TPSA) is 51.6 Å². The molecule has 0 amide bonds. The third-order valence-electron chi connectivity index (χ3n) is 1.17. The highest BCUT2D eigenvalue weighted by Gasteiger charge is 2.05. The van der Waals surface area contributed by atoms with Gasteiger partial charge in [-0.3, -0.25) is 0 Å². The Balaban J connectivity index is 2.45. The van der Waals surface area contributed by atoms with Crippen LogP contribution in [-0.4, -0.2) is 19.3 Å². The lowest BCUT2D eigenvalue weighted by atomic mass is 10.5. The first-order valence-corrected chi connectivity index (χ1v) is 4.28. The molecule has 0 aliphatic rings. The van der Waals surface area contributed by atoms with E-state index in [0.29, 0.717) is 16.1 Å². The summed E-state index contributed by atoms with van der Waals surface area (Å²) >= 11 is 6.72. The van der Waals surface area contributed by atoms with Crippen molar-refractivity contribution in [2.45, 2.75) is 0 Å². The zero-order valence-corrected chi connectivity index (χ0v) is 7.38. The molecule has 0 saturated heterocycles. The minimum Gasteiger partial charge on any atom is -0.234 e. The van der Waals surface area contributed by atoms with Gasteiger partial charge in [0.05, 0.1) is 0 Å². The molecule has 4 nitrogen and oxygen atoms in total. The summed E-state index contributed by atoms with van der Waals surface area (Å²) in [6, 6.07) is 1.73. The van der Waals surface area contributed by atoms with Crippen LogP contribution < -0.4 is 0 Å². The van der Waals surface area contributed by atoms with Crippen molar-refractivity contribution in [2.24, 2.45) is 0 Å². The zero-order valence-electron chi connectivity index (χ0n) is 5.81. The molecule has 12 heavy (non-hydrogen) atoms. The van der Waals surface area contributed by atoms with Gasteiger partial charge in [-0.05, 0) is 29.2 Å². The third-order valence-corrected chi connectivity index (χ3v) is 1.96. The highest BCUT2D eigenvalue weighted by Crippen LogP contribution is 2.16. The molecule has 0 unspecified atom stereocenters. The Labute approximate surface area is 77.5 Å². The Bertz CT molecular complexity index is 374. The smallest absolute Gasteiger partial charge is 0.212 e. The van der Waals surface area contributed by atoms with Crippen molar-refractivity contribution in [3.05, 3.63) is 22.9 Å². The largest absolute Gasteiger partial charge is 0.234 e. The first-order chi connectivity index (χ1) is 5.86. The van der Waals surface area contributed by atoms with Gasteiger partial charge in [0.15, 0.2) is 5.82 Å². The highest BCUT2D eigenvalue weighted by atomic mass is 35.5. The summed E-state index contributed by atoms with van der Waals surface area (Å²) < 4.78 is 4.36. The van der Waals surface area contributed by atoms with Gasteiger partial charge in [-0.1, -0.05) is 0 Å². The molecule has 2 aromatic heterocycles. The van der Waals surface area contributed by atoms with Crippen molar-refractivity contribution < 1.29 is 0 Å². The van der Waals surface area contributed by atoms with Crippen LogP contribution >= 0.6 is 23.1 Å². The van der Waals surface area contributed by atoms with Crippen LogP contribution in [-0.2, 0) is 0 Å². The van der Waals surface area contributed by atoms with Crippen LogP contribution in [0.4, 0.5) is 0 Å². The van der Waals surface area contributed by atoms with Gasteiger partial charge in [-0.15, -0.1) is 0 Å². The molecule has 2 heterocycles. The van der Waals surface area contributed by atoms with Crippen LogP contribution in [0.2, 0.25) is 4.47 Å². The van der Waals surface area contributed by atoms with Gasteiger partial charge in [0, 0.05) is 12.4 Å². The molecule has 0 atom stereocenters. The van der Waals surface area contributed by atoms with E-state index < -0.39 is 0 Å². The van der Waals surface area contributed by atoms with E-state index in [2.05, 4.69) is 19.3 Å². The van der Waals surface area contributed by atoms with Gasteiger partial charge in [0.2, 0.25) is 10.3 Å². The van der Waals surface area contributed by atoms with Crippen LogP contribution in [0.1, 0.15) is 0 Å². The summed E-state index contributed by atoms with van der Waals surface area (Å²) in [6.07, 6.45) is 3.27. The maximum Gasteiger partial charge on any atom is 0.212 e. The van der Waals surface area contributed by atoms with Crippen LogP contribution in [0.25, 0.3) is 11.6 Å². The molecular weight excluding hydrogens is 196 g/mol. The molecule has 0 aliphatic heterocycles. The Morgan fingerprint density at radius 2 is 1.92 bits per heavy atom. The van der Waals surface area contributed by atoms with E-state index in [1.807, 2.05) is 0 Å². The molecule has 0 saturated carbocycles. The van der Waals surface area contributed by atoms with Gasteiger partial charge in [-0.2, -0.15) is 4.37 Å². The number of hydrogen-bond acceptors (Lipinski definition) is 5. The van der Waals surface area contributed by atoms with E-state index in [1.165, 1.54) is 0 Å². The Morgan fingerprint density at radius 3 is 2.50 bits per heavy atom. The van der Waals surface area contributed by atoms with Crippen LogP contribution in [0.3, 0.4) is 0 Å². The van der Waals surface area contributed by atoms with Crippen molar-refractivity contribution in [2.75, 3.05) is 0 Å². The molecule has 0 N–H and O–H groups in total. The second kappa shape index (κ2) is 3.12. The number of halogens is 1. The van der Waals surface area contributed by atoms with Crippen LogP contribution in [0, 0.1) is 0 Å². The lowest BCUT2D eigenvalue weighted by Gasteiger charge is -1.88. The molecular formula is C6H3ClN4S. The minimum absolute atomic E-state index is 0.400. The van der Waals surface area contributed by atoms with E-state index >= 15 is 0 Å². The first kappa shape index (κ1) is 7.57. The summed E-state index contributed by atoms with van der Waals surface area (Å²) in [6.45, 7) is 0. The average Bonchev–Trinajstić information content (AvgIpc) is 2.54. The van der Waals surface area contributed by atoms with Crippen molar-refractivity contribution >= 4 is 23.1 Å². The number of rotatable bonds is 1. The second-order valence-electron chi connectivity index (χ2n) is 1.94. The Morgan fingerprint density at radius 1 is 1.17 bits per heavy atom. The maximum atomic E-state index is 5.60. The van der Waals surface area contributed by atoms with Gasteiger partial charge in [-0.25, -0.2) is 15.0 Å². The van der Waals surface area contributed by atoms with E-state index in [9.17, 15) is 0 Å². The monoisotopic (exact) mass is 198 g/mol. The summed E-state index contributed by atoms with van der Waals surface area (Å²) in [7, 11) is 0. The first-order valence-electron chi connectivity index (χ1n) is 3.13. The van der Waals surface area contributed by atoms with Crippen molar-refractivity contribution in [3.63, 3.8) is 0 Å². The lowest BCUT2D eigenvalue weighted by molar-refractivity contribution is 1.13. The van der Waals surface area contributed by atoms with Crippen LogP contribution in [0.5, 0.6) is 0 Å². The van der Waals surface area contributed by atoms with Gasteiger partial charge >= 0.3 is 0 Å². The average molecular weight is 199 g/mol. The Kier molecular flexibility index (Phi) is 1.97. The van der Waals surface area contributed by atoms with Gasteiger partial charge in [0.1, 0.15) is 0 Å². The lowest BCUT2D eigenvalue weighted by Crippen LogP contribution is -1.87. The predicted octanol–water partition coefficient (Wildman–Crippen LogP) is 1.65. The fourth-order valence-corrected chi connectivity index (χ4v) is 1.31. The molecule has 0 aliphatic carbocycles. The van der Waals surface area contributed by atoms with E-state index in [-0.39, 0.29) is 0 Å². The molecule has 0 fully saturated rings. The van der Waals surface area contributed by atoms with Gasteiger partial charge in [0.25, 0.3) is 0 Å². The maximum absolute atomic E-state index is 5.60. The summed E-state index contributed by atoms with van der Waals surface area (Å²) in [5, 5.41) is 0. The molecule has 2 aromatic rings. The number of hydrogen-bond donors (Lipinski definition) is 0. The summed E-state index contributed by atoms with van der Waals surface area (Å²) in [4.78, 5) is 11.9. The molecule has 0 aromatic carbocycles. The fraction of sp³-hybridized carbons (Fsp3) is 0. The van der Waals surface area contributed by atoms with Crippen LogP contribution in [0.15, 0.2) is 18.5 Å². The fourth-order valence-electron chi connectivity index (χ4n) is 0.710. The molecule has 60 valence electrons. The third kappa shape index (κ3) is 1.41.